The third kappa shape index (κ3) is 4.59. The Kier molecular flexibility index (Phi) is 7.14. The Morgan fingerprint density at radius 1 is 1.18 bits per heavy atom. The van der Waals surface area contributed by atoms with Crippen LogP contribution in [0.25, 0.3) is 0 Å². The van der Waals surface area contributed by atoms with Crippen LogP contribution in [0.3, 0.4) is 0 Å². The zero-order chi connectivity index (χ0) is 12.6. The van der Waals surface area contributed by atoms with Crippen molar-refractivity contribution < 1.29 is 4.74 Å². The molecule has 0 aromatic carbocycles. The van der Waals surface area contributed by atoms with Gasteiger partial charge < -0.3 is 10.1 Å². The average Bonchev–Trinajstić information content (AvgIpc) is 2.66. The van der Waals surface area contributed by atoms with E-state index in [0.717, 1.165) is 13.2 Å². The second-order valence-corrected chi connectivity index (χ2v) is 5.67. The number of unbranched alkanes of at least 4 members (excludes halogenated alkanes) is 5. The van der Waals surface area contributed by atoms with Gasteiger partial charge in [0.2, 0.25) is 0 Å². The SMILES string of the molecule is CCCCCCCCC1(CNC)CCOC1C. The number of nitrogens with one attached hydrogen (secondary N) is 1. The Hall–Kier alpha value is -0.0800. The summed E-state index contributed by atoms with van der Waals surface area (Å²) < 4.78 is 5.78. The molecule has 0 aliphatic carbocycles. The van der Waals surface area contributed by atoms with E-state index in [4.69, 9.17) is 4.74 Å². The van der Waals surface area contributed by atoms with E-state index >= 15 is 0 Å². The van der Waals surface area contributed by atoms with Crippen molar-refractivity contribution in [3.05, 3.63) is 0 Å². The molecule has 2 heteroatoms. The van der Waals surface area contributed by atoms with Gasteiger partial charge in [-0.3, -0.25) is 0 Å². The Morgan fingerprint density at radius 3 is 2.47 bits per heavy atom. The molecule has 0 aromatic heterocycles. The number of rotatable bonds is 9. The summed E-state index contributed by atoms with van der Waals surface area (Å²) >= 11 is 0. The first-order chi connectivity index (χ1) is 8.25. The lowest BCUT2D eigenvalue weighted by atomic mass is 9.77. The van der Waals surface area contributed by atoms with E-state index in [2.05, 4.69) is 26.2 Å². The molecule has 102 valence electrons. The quantitative estimate of drug-likeness (QED) is 0.621. The van der Waals surface area contributed by atoms with Gasteiger partial charge in [0.15, 0.2) is 0 Å². The summed E-state index contributed by atoms with van der Waals surface area (Å²) in [6.07, 6.45) is 11.4. The maximum absolute atomic E-state index is 5.78. The lowest BCUT2D eigenvalue weighted by Gasteiger charge is -2.32. The minimum absolute atomic E-state index is 0.416. The van der Waals surface area contributed by atoms with E-state index in [1.54, 1.807) is 0 Å². The van der Waals surface area contributed by atoms with Gasteiger partial charge in [0.1, 0.15) is 0 Å². The Balaban J connectivity index is 2.21. The second-order valence-electron chi connectivity index (χ2n) is 5.67. The molecule has 1 fully saturated rings. The maximum atomic E-state index is 5.78. The highest BCUT2D eigenvalue weighted by Gasteiger charge is 2.40. The van der Waals surface area contributed by atoms with Crippen LogP contribution in [0.2, 0.25) is 0 Å². The third-order valence-electron chi connectivity index (χ3n) is 4.39. The van der Waals surface area contributed by atoms with Gasteiger partial charge in [-0.2, -0.15) is 0 Å². The molecule has 1 N–H and O–H groups in total. The van der Waals surface area contributed by atoms with Crippen LogP contribution in [0.1, 0.15) is 65.2 Å². The molecule has 0 aromatic rings. The predicted octanol–water partition coefficient (Wildman–Crippen LogP) is 3.75. The van der Waals surface area contributed by atoms with Gasteiger partial charge in [0, 0.05) is 18.6 Å². The minimum Gasteiger partial charge on any atom is -0.378 e. The van der Waals surface area contributed by atoms with Crippen LogP contribution in [0, 0.1) is 5.41 Å². The van der Waals surface area contributed by atoms with Crippen LogP contribution < -0.4 is 5.32 Å². The molecule has 2 nitrogen and oxygen atoms in total. The predicted molar refractivity (Wildman–Crippen MR) is 74.4 cm³/mol. The number of hydrogen-bond acceptors (Lipinski definition) is 2. The van der Waals surface area contributed by atoms with Gasteiger partial charge >= 0.3 is 0 Å². The number of ether oxygens (including phenoxy) is 1. The first-order valence-electron chi connectivity index (χ1n) is 7.51. The van der Waals surface area contributed by atoms with Gasteiger partial charge in [0.25, 0.3) is 0 Å². The summed E-state index contributed by atoms with van der Waals surface area (Å²) in [6, 6.07) is 0. The van der Waals surface area contributed by atoms with Gasteiger partial charge in [-0.05, 0) is 26.8 Å². The molecular weight excluding hydrogens is 210 g/mol. The fourth-order valence-electron chi connectivity index (χ4n) is 3.08. The summed E-state index contributed by atoms with van der Waals surface area (Å²) in [5.41, 5.74) is 0.416. The zero-order valence-corrected chi connectivity index (χ0v) is 12.1. The van der Waals surface area contributed by atoms with Crippen molar-refractivity contribution in [2.45, 2.75) is 71.3 Å². The molecule has 17 heavy (non-hydrogen) atoms. The molecule has 1 aliphatic heterocycles. The first-order valence-corrected chi connectivity index (χ1v) is 7.51. The molecule has 0 spiro atoms. The highest BCUT2D eigenvalue weighted by Crippen LogP contribution is 2.39. The fraction of sp³-hybridized carbons (Fsp3) is 1.00. The summed E-state index contributed by atoms with van der Waals surface area (Å²) in [4.78, 5) is 0. The van der Waals surface area contributed by atoms with E-state index < -0.39 is 0 Å². The standard InChI is InChI=1S/C15H31NO/c1-4-5-6-7-8-9-10-15(13-16-3)11-12-17-14(15)2/h14,16H,4-13H2,1-3H3. The van der Waals surface area contributed by atoms with Crippen molar-refractivity contribution in [3.8, 4) is 0 Å². The second kappa shape index (κ2) is 8.10. The molecule has 0 bridgehead atoms. The van der Waals surface area contributed by atoms with Crippen LogP contribution >= 0.6 is 0 Å². The smallest absolute Gasteiger partial charge is 0.0616 e. The topological polar surface area (TPSA) is 21.3 Å². The van der Waals surface area contributed by atoms with Gasteiger partial charge in [-0.15, -0.1) is 0 Å². The van der Waals surface area contributed by atoms with Crippen LogP contribution in [0.15, 0.2) is 0 Å². The van der Waals surface area contributed by atoms with E-state index in [9.17, 15) is 0 Å². The molecule has 1 heterocycles. The molecule has 0 radical (unpaired) electrons. The average molecular weight is 241 g/mol. The number of hydrogen-bond donors (Lipinski definition) is 1. The van der Waals surface area contributed by atoms with E-state index in [1.165, 1.54) is 51.4 Å². The highest BCUT2D eigenvalue weighted by atomic mass is 16.5. The van der Waals surface area contributed by atoms with Gasteiger partial charge in [0.05, 0.1) is 6.10 Å². The van der Waals surface area contributed by atoms with Crippen molar-refractivity contribution in [2.24, 2.45) is 5.41 Å². The first kappa shape index (κ1) is 15.0. The summed E-state index contributed by atoms with van der Waals surface area (Å²) in [5.74, 6) is 0. The fourth-order valence-corrected chi connectivity index (χ4v) is 3.08. The van der Waals surface area contributed by atoms with Crippen molar-refractivity contribution >= 4 is 0 Å². The van der Waals surface area contributed by atoms with Crippen molar-refractivity contribution in [1.82, 2.24) is 5.32 Å². The van der Waals surface area contributed by atoms with Crippen LogP contribution in [-0.2, 0) is 4.74 Å². The molecule has 1 saturated heterocycles. The molecule has 1 aliphatic rings. The lowest BCUT2D eigenvalue weighted by molar-refractivity contribution is 0.0580. The van der Waals surface area contributed by atoms with Crippen LogP contribution in [0.5, 0.6) is 0 Å². The normalized spacial score (nSPS) is 28.8. The molecule has 2 atom stereocenters. The summed E-state index contributed by atoms with van der Waals surface area (Å²) in [6.45, 7) is 6.60. The molecule has 1 rings (SSSR count). The lowest BCUT2D eigenvalue weighted by Crippen LogP contribution is -2.38. The molecular formula is C15H31NO. The van der Waals surface area contributed by atoms with Crippen molar-refractivity contribution in [3.63, 3.8) is 0 Å². The minimum atomic E-state index is 0.416. The molecule has 0 saturated carbocycles. The largest absolute Gasteiger partial charge is 0.378 e. The van der Waals surface area contributed by atoms with E-state index in [1.807, 2.05) is 0 Å². The van der Waals surface area contributed by atoms with Crippen LogP contribution in [-0.4, -0.2) is 26.3 Å². The Labute approximate surface area is 108 Å². The maximum Gasteiger partial charge on any atom is 0.0616 e. The summed E-state index contributed by atoms with van der Waals surface area (Å²) in [7, 11) is 2.06. The summed E-state index contributed by atoms with van der Waals surface area (Å²) in [5, 5.41) is 3.36. The van der Waals surface area contributed by atoms with Crippen molar-refractivity contribution in [1.29, 1.82) is 0 Å². The highest BCUT2D eigenvalue weighted by molar-refractivity contribution is 4.90. The van der Waals surface area contributed by atoms with Crippen molar-refractivity contribution in [2.75, 3.05) is 20.2 Å². The van der Waals surface area contributed by atoms with Crippen LogP contribution in [0.4, 0.5) is 0 Å². The van der Waals surface area contributed by atoms with Gasteiger partial charge in [-0.25, -0.2) is 0 Å². The Morgan fingerprint density at radius 2 is 1.88 bits per heavy atom. The molecule has 0 amide bonds. The van der Waals surface area contributed by atoms with Gasteiger partial charge in [-0.1, -0.05) is 45.4 Å². The molecule has 2 unspecified atom stereocenters. The third-order valence-corrected chi connectivity index (χ3v) is 4.39. The monoisotopic (exact) mass is 241 g/mol. The van der Waals surface area contributed by atoms with E-state index in [0.29, 0.717) is 11.5 Å². The zero-order valence-electron chi connectivity index (χ0n) is 12.1. The Bertz CT molecular complexity index is 195. The van der Waals surface area contributed by atoms with E-state index in [-0.39, 0.29) is 0 Å².